The number of nitrogens with zero attached hydrogens (tertiary/aromatic N) is 1. The molecule has 1 aliphatic heterocycles. The first-order valence-electron chi connectivity index (χ1n) is 9.14. The summed E-state index contributed by atoms with van der Waals surface area (Å²) < 4.78 is 41.6. The zero-order valence-corrected chi connectivity index (χ0v) is 17.2. The number of ether oxygens (including phenoxy) is 3. The predicted octanol–water partition coefficient (Wildman–Crippen LogP) is 2.29. The van der Waals surface area contributed by atoms with Crippen molar-refractivity contribution >= 4 is 21.6 Å². The molecule has 0 fully saturated rings. The summed E-state index contributed by atoms with van der Waals surface area (Å²) >= 11 is 0. The molecule has 2 aromatic carbocycles. The van der Waals surface area contributed by atoms with Gasteiger partial charge < -0.3 is 19.5 Å². The van der Waals surface area contributed by atoms with Gasteiger partial charge in [0.2, 0.25) is 22.7 Å². The topological polar surface area (TPSA) is 94.2 Å². The fourth-order valence-electron chi connectivity index (χ4n) is 3.02. The Morgan fingerprint density at radius 2 is 1.93 bits per heavy atom. The molecule has 156 valence electrons. The molecule has 0 spiro atoms. The number of methoxy groups -OCH3 is 1. The van der Waals surface area contributed by atoms with Crippen LogP contribution in [0.25, 0.3) is 0 Å². The Morgan fingerprint density at radius 1 is 1.17 bits per heavy atom. The summed E-state index contributed by atoms with van der Waals surface area (Å²) in [7, 11) is -2.02. The van der Waals surface area contributed by atoms with Crippen molar-refractivity contribution in [1.82, 2.24) is 5.32 Å². The maximum absolute atomic E-state index is 12.2. The first-order chi connectivity index (χ1) is 13.9. The van der Waals surface area contributed by atoms with Crippen molar-refractivity contribution in [1.29, 1.82) is 0 Å². The van der Waals surface area contributed by atoms with Crippen LogP contribution in [-0.4, -0.2) is 41.0 Å². The van der Waals surface area contributed by atoms with Gasteiger partial charge in [-0.05, 0) is 36.2 Å². The van der Waals surface area contributed by atoms with Crippen LogP contribution in [0.5, 0.6) is 17.2 Å². The average Bonchev–Trinajstić information content (AvgIpc) is 3.16. The number of hydrogen-bond donors (Lipinski definition) is 1. The first kappa shape index (κ1) is 20.8. The van der Waals surface area contributed by atoms with Crippen LogP contribution in [0.4, 0.5) is 5.69 Å². The number of nitrogens with one attached hydrogen (secondary N) is 1. The molecule has 1 heterocycles. The van der Waals surface area contributed by atoms with E-state index in [1.54, 1.807) is 30.3 Å². The Morgan fingerprint density at radius 3 is 2.69 bits per heavy atom. The van der Waals surface area contributed by atoms with Gasteiger partial charge in [-0.2, -0.15) is 0 Å². The van der Waals surface area contributed by atoms with E-state index in [2.05, 4.69) is 5.32 Å². The number of hydrogen-bond acceptors (Lipinski definition) is 6. The summed E-state index contributed by atoms with van der Waals surface area (Å²) in [5, 5.41) is 2.84. The van der Waals surface area contributed by atoms with Crippen molar-refractivity contribution in [2.24, 2.45) is 0 Å². The zero-order chi connectivity index (χ0) is 20.9. The number of para-hydroxylation sites is 2. The maximum Gasteiger partial charge on any atom is 0.232 e. The van der Waals surface area contributed by atoms with Crippen LogP contribution in [0, 0.1) is 0 Å². The number of fused-ring (bicyclic) bond motifs is 1. The SMILES string of the molecule is COc1ccccc1N(CCCC(=O)NCc1ccc2c(c1)OCO2)S(C)(=O)=O. The van der Waals surface area contributed by atoms with Crippen molar-refractivity contribution in [3.8, 4) is 17.2 Å². The summed E-state index contributed by atoms with van der Waals surface area (Å²) in [6, 6.07) is 12.4. The minimum Gasteiger partial charge on any atom is -0.495 e. The van der Waals surface area contributed by atoms with E-state index in [1.165, 1.54) is 11.4 Å². The van der Waals surface area contributed by atoms with Gasteiger partial charge in [0.05, 0.1) is 19.1 Å². The number of rotatable bonds is 9. The van der Waals surface area contributed by atoms with Gasteiger partial charge >= 0.3 is 0 Å². The van der Waals surface area contributed by atoms with Gasteiger partial charge in [-0.1, -0.05) is 18.2 Å². The molecule has 8 nitrogen and oxygen atoms in total. The van der Waals surface area contributed by atoms with E-state index in [-0.39, 0.29) is 25.7 Å². The lowest BCUT2D eigenvalue weighted by Crippen LogP contribution is -2.32. The van der Waals surface area contributed by atoms with E-state index < -0.39 is 10.0 Å². The molecule has 1 amide bonds. The van der Waals surface area contributed by atoms with Gasteiger partial charge in [0.25, 0.3) is 0 Å². The van der Waals surface area contributed by atoms with Crippen molar-refractivity contribution in [3.05, 3.63) is 48.0 Å². The van der Waals surface area contributed by atoms with Gasteiger partial charge in [0, 0.05) is 19.5 Å². The van der Waals surface area contributed by atoms with Crippen LogP contribution in [0.15, 0.2) is 42.5 Å². The molecule has 0 atom stereocenters. The molecule has 1 N–H and O–H groups in total. The summed E-state index contributed by atoms with van der Waals surface area (Å²) in [5.41, 5.74) is 1.35. The highest BCUT2D eigenvalue weighted by Gasteiger charge is 2.21. The molecule has 29 heavy (non-hydrogen) atoms. The molecule has 3 rings (SSSR count). The van der Waals surface area contributed by atoms with Gasteiger partial charge in [-0.15, -0.1) is 0 Å². The van der Waals surface area contributed by atoms with Gasteiger partial charge in [0.15, 0.2) is 11.5 Å². The third-order valence-corrected chi connectivity index (χ3v) is 5.63. The fourth-order valence-corrected chi connectivity index (χ4v) is 3.99. The number of amides is 1. The second-order valence-electron chi connectivity index (χ2n) is 6.57. The highest BCUT2D eigenvalue weighted by atomic mass is 32.2. The molecule has 0 bridgehead atoms. The van der Waals surface area contributed by atoms with Crippen LogP contribution in [0.3, 0.4) is 0 Å². The summed E-state index contributed by atoms with van der Waals surface area (Å²) in [4.78, 5) is 12.2. The molecule has 0 aliphatic carbocycles. The Balaban J connectivity index is 1.53. The van der Waals surface area contributed by atoms with Gasteiger partial charge in [-0.25, -0.2) is 8.42 Å². The van der Waals surface area contributed by atoms with Crippen molar-refractivity contribution in [2.45, 2.75) is 19.4 Å². The van der Waals surface area contributed by atoms with Gasteiger partial charge in [-0.3, -0.25) is 9.10 Å². The second kappa shape index (κ2) is 9.04. The van der Waals surface area contributed by atoms with E-state index in [9.17, 15) is 13.2 Å². The summed E-state index contributed by atoms with van der Waals surface area (Å²) in [5.74, 6) is 1.66. The highest BCUT2D eigenvalue weighted by molar-refractivity contribution is 7.92. The normalized spacial score (nSPS) is 12.5. The first-order valence-corrected chi connectivity index (χ1v) is 11.0. The maximum atomic E-state index is 12.2. The molecule has 1 aliphatic rings. The number of carbonyl (C=O) groups excluding carboxylic acids is 1. The lowest BCUT2D eigenvalue weighted by atomic mass is 10.2. The largest absolute Gasteiger partial charge is 0.495 e. The van der Waals surface area contributed by atoms with Crippen LogP contribution >= 0.6 is 0 Å². The van der Waals surface area contributed by atoms with E-state index in [0.717, 1.165) is 11.8 Å². The third-order valence-electron chi connectivity index (χ3n) is 4.45. The molecular formula is C20H24N2O6S. The van der Waals surface area contributed by atoms with Crippen LogP contribution in [0.2, 0.25) is 0 Å². The molecular weight excluding hydrogens is 396 g/mol. The third kappa shape index (κ3) is 5.32. The lowest BCUT2D eigenvalue weighted by Gasteiger charge is -2.24. The van der Waals surface area contributed by atoms with Crippen LogP contribution in [0.1, 0.15) is 18.4 Å². The standard InChI is InChI=1S/C20H24N2O6S/c1-26-17-7-4-3-6-16(17)22(29(2,24)25)11-5-8-20(23)21-13-15-9-10-18-19(12-15)28-14-27-18/h3-4,6-7,9-10,12H,5,8,11,13-14H2,1-2H3,(H,21,23). The minimum absolute atomic E-state index is 0.156. The van der Waals surface area contributed by atoms with Crippen molar-refractivity contribution < 1.29 is 27.4 Å². The van der Waals surface area contributed by atoms with Gasteiger partial charge in [0.1, 0.15) is 5.75 Å². The number of anilines is 1. The second-order valence-corrected chi connectivity index (χ2v) is 8.48. The molecule has 0 saturated heterocycles. The molecule has 0 radical (unpaired) electrons. The highest BCUT2D eigenvalue weighted by Crippen LogP contribution is 2.32. The Labute approximate surface area is 170 Å². The van der Waals surface area contributed by atoms with Crippen molar-refractivity contribution in [3.63, 3.8) is 0 Å². The van der Waals surface area contributed by atoms with E-state index in [4.69, 9.17) is 14.2 Å². The van der Waals surface area contributed by atoms with E-state index >= 15 is 0 Å². The van der Waals surface area contributed by atoms with E-state index in [1.807, 2.05) is 12.1 Å². The summed E-state index contributed by atoms with van der Waals surface area (Å²) in [6.07, 6.45) is 1.71. The molecule has 9 heteroatoms. The van der Waals surface area contributed by atoms with Crippen LogP contribution in [-0.2, 0) is 21.4 Å². The fraction of sp³-hybridized carbons (Fsp3) is 0.350. The number of sulfonamides is 1. The quantitative estimate of drug-likeness (QED) is 0.669. The van der Waals surface area contributed by atoms with E-state index in [0.29, 0.717) is 35.9 Å². The average molecular weight is 420 g/mol. The Bertz CT molecular complexity index is 977. The lowest BCUT2D eigenvalue weighted by molar-refractivity contribution is -0.121. The molecule has 2 aromatic rings. The molecule has 0 saturated carbocycles. The van der Waals surface area contributed by atoms with Crippen molar-refractivity contribution in [2.75, 3.05) is 31.0 Å². The number of carbonyl (C=O) groups is 1. The summed E-state index contributed by atoms with van der Waals surface area (Å²) in [6.45, 7) is 0.739. The van der Waals surface area contributed by atoms with Crippen LogP contribution < -0.4 is 23.8 Å². The smallest absolute Gasteiger partial charge is 0.232 e. The monoisotopic (exact) mass is 420 g/mol. The molecule has 0 aromatic heterocycles. The number of benzene rings is 2. The minimum atomic E-state index is -3.51. The zero-order valence-electron chi connectivity index (χ0n) is 16.4. The Kier molecular flexibility index (Phi) is 6.48. The Hall–Kier alpha value is -2.94. The molecule has 0 unspecified atom stereocenters. The predicted molar refractivity (Wildman–Crippen MR) is 109 cm³/mol.